The molecular weight excluding hydrogens is 285 g/mol. The molecular formula is C13H11Cl2N3O. The lowest BCUT2D eigenvalue weighted by Crippen LogP contribution is -2.27. The van der Waals surface area contributed by atoms with Crippen LogP contribution < -0.4 is 0 Å². The van der Waals surface area contributed by atoms with E-state index in [0.29, 0.717) is 11.6 Å². The molecule has 2 aromatic rings. The predicted octanol–water partition coefficient (Wildman–Crippen LogP) is 3.06. The second kappa shape index (κ2) is 5.99. The fourth-order valence-corrected chi connectivity index (χ4v) is 1.79. The van der Waals surface area contributed by atoms with E-state index in [0.717, 1.165) is 5.56 Å². The van der Waals surface area contributed by atoms with Gasteiger partial charge in [0.15, 0.2) is 10.8 Å². The van der Waals surface area contributed by atoms with E-state index < -0.39 is 0 Å². The monoisotopic (exact) mass is 295 g/mol. The summed E-state index contributed by atoms with van der Waals surface area (Å²) in [7, 11) is 1.70. The van der Waals surface area contributed by atoms with E-state index in [1.165, 1.54) is 6.07 Å². The van der Waals surface area contributed by atoms with Crippen LogP contribution in [0.2, 0.25) is 10.2 Å². The molecule has 98 valence electrons. The third-order valence-corrected chi connectivity index (χ3v) is 2.98. The number of aromatic nitrogens is 2. The van der Waals surface area contributed by atoms with Crippen LogP contribution in [0.4, 0.5) is 0 Å². The Labute approximate surface area is 121 Å². The third-order valence-electron chi connectivity index (χ3n) is 2.53. The number of amides is 1. The summed E-state index contributed by atoms with van der Waals surface area (Å²) in [6, 6.07) is 10.4. The molecule has 0 atom stereocenters. The molecule has 0 N–H and O–H groups in total. The molecule has 1 aromatic heterocycles. The smallest absolute Gasteiger partial charge is 0.274 e. The quantitative estimate of drug-likeness (QED) is 0.874. The second-order valence-electron chi connectivity index (χ2n) is 4.03. The zero-order valence-electron chi connectivity index (χ0n) is 10.2. The van der Waals surface area contributed by atoms with Gasteiger partial charge in [-0.05, 0) is 29.8 Å². The highest BCUT2D eigenvalue weighted by molar-refractivity contribution is 6.30. The molecule has 0 unspecified atom stereocenters. The van der Waals surface area contributed by atoms with Gasteiger partial charge in [0.25, 0.3) is 5.91 Å². The average molecular weight is 296 g/mol. The molecule has 0 fully saturated rings. The van der Waals surface area contributed by atoms with Crippen LogP contribution in [0, 0.1) is 0 Å². The van der Waals surface area contributed by atoms with Crippen LogP contribution in [-0.2, 0) is 6.54 Å². The van der Waals surface area contributed by atoms with Crippen molar-refractivity contribution >= 4 is 29.1 Å². The van der Waals surface area contributed by atoms with Gasteiger partial charge in [-0.1, -0.05) is 35.3 Å². The number of carbonyl (C=O) groups is 1. The summed E-state index contributed by atoms with van der Waals surface area (Å²) in [5.41, 5.74) is 1.25. The highest BCUT2D eigenvalue weighted by atomic mass is 35.5. The SMILES string of the molecule is CN(Cc1ccc(Cl)cc1)C(=O)c1ccc(Cl)nn1. The first-order valence-corrected chi connectivity index (χ1v) is 6.31. The summed E-state index contributed by atoms with van der Waals surface area (Å²) in [5.74, 6) is -0.209. The first-order valence-electron chi connectivity index (χ1n) is 5.55. The Kier molecular flexibility index (Phi) is 4.35. The summed E-state index contributed by atoms with van der Waals surface area (Å²) < 4.78 is 0. The van der Waals surface area contributed by atoms with E-state index in [9.17, 15) is 4.79 Å². The standard InChI is InChI=1S/C13H11Cl2N3O/c1-18(8-9-2-4-10(14)5-3-9)13(19)11-6-7-12(15)17-16-11/h2-7H,8H2,1H3. The second-order valence-corrected chi connectivity index (χ2v) is 4.85. The number of rotatable bonds is 3. The van der Waals surface area contributed by atoms with Gasteiger partial charge in [0, 0.05) is 18.6 Å². The molecule has 6 heteroatoms. The molecule has 19 heavy (non-hydrogen) atoms. The van der Waals surface area contributed by atoms with Crippen molar-refractivity contribution in [1.29, 1.82) is 0 Å². The fraction of sp³-hybridized carbons (Fsp3) is 0.154. The van der Waals surface area contributed by atoms with Gasteiger partial charge in [0.1, 0.15) is 0 Å². The van der Waals surface area contributed by atoms with Crippen LogP contribution in [0.15, 0.2) is 36.4 Å². The van der Waals surface area contributed by atoms with E-state index in [1.54, 1.807) is 30.1 Å². The molecule has 0 bridgehead atoms. The van der Waals surface area contributed by atoms with Gasteiger partial charge in [0.05, 0.1) is 0 Å². The molecule has 0 saturated carbocycles. The zero-order valence-corrected chi connectivity index (χ0v) is 11.7. The van der Waals surface area contributed by atoms with Gasteiger partial charge < -0.3 is 4.90 Å². The molecule has 0 saturated heterocycles. The summed E-state index contributed by atoms with van der Waals surface area (Å²) >= 11 is 11.4. The number of nitrogens with zero attached hydrogens (tertiary/aromatic N) is 3. The van der Waals surface area contributed by atoms with Crippen molar-refractivity contribution in [2.24, 2.45) is 0 Å². The van der Waals surface area contributed by atoms with Gasteiger partial charge in [0.2, 0.25) is 0 Å². The number of hydrogen-bond donors (Lipinski definition) is 0. The molecule has 0 aliphatic rings. The van der Waals surface area contributed by atoms with Crippen molar-refractivity contribution < 1.29 is 4.79 Å². The van der Waals surface area contributed by atoms with Crippen molar-refractivity contribution in [3.05, 3.63) is 57.8 Å². The lowest BCUT2D eigenvalue weighted by atomic mass is 10.2. The van der Waals surface area contributed by atoms with Crippen molar-refractivity contribution in [3.63, 3.8) is 0 Å². The lowest BCUT2D eigenvalue weighted by Gasteiger charge is -2.16. The van der Waals surface area contributed by atoms with Crippen LogP contribution in [-0.4, -0.2) is 28.1 Å². The highest BCUT2D eigenvalue weighted by Crippen LogP contribution is 2.12. The average Bonchev–Trinajstić information content (AvgIpc) is 2.41. The highest BCUT2D eigenvalue weighted by Gasteiger charge is 2.13. The van der Waals surface area contributed by atoms with Crippen LogP contribution in [0.3, 0.4) is 0 Å². The summed E-state index contributed by atoms with van der Waals surface area (Å²) in [5, 5.41) is 8.34. The Balaban J connectivity index is 2.07. The van der Waals surface area contributed by atoms with Crippen molar-refractivity contribution in [2.75, 3.05) is 7.05 Å². The summed E-state index contributed by atoms with van der Waals surface area (Å²) in [4.78, 5) is 13.6. The molecule has 0 radical (unpaired) electrons. The molecule has 0 spiro atoms. The molecule has 4 nitrogen and oxygen atoms in total. The largest absolute Gasteiger partial charge is 0.336 e. The van der Waals surface area contributed by atoms with E-state index in [2.05, 4.69) is 10.2 Å². The fourth-order valence-electron chi connectivity index (χ4n) is 1.56. The summed E-state index contributed by atoms with van der Waals surface area (Å²) in [6.07, 6.45) is 0. The van der Waals surface area contributed by atoms with Gasteiger partial charge >= 0.3 is 0 Å². The molecule has 1 aromatic carbocycles. The predicted molar refractivity (Wildman–Crippen MR) is 74.3 cm³/mol. The van der Waals surface area contributed by atoms with Gasteiger partial charge in [-0.25, -0.2) is 0 Å². The lowest BCUT2D eigenvalue weighted by molar-refractivity contribution is 0.0778. The van der Waals surface area contributed by atoms with Crippen molar-refractivity contribution in [1.82, 2.24) is 15.1 Å². The van der Waals surface area contributed by atoms with Crippen molar-refractivity contribution in [3.8, 4) is 0 Å². The Hall–Kier alpha value is -1.65. The maximum atomic E-state index is 12.1. The minimum atomic E-state index is -0.209. The Morgan fingerprint density at radius 2 is 1.79 bits per heavy atom. The van der Waals surface area contributed by atoms with E-state index in [-0.39, 0.29) is 16.8 Å². The minimum absolute atomic E-state index is 0.209. The zero-order chi connectivity index (χ0) is 13.8. The topological polar surface area (TPSA) is 46.1 Å². The molecule has 1 heterocycles. The van der Waals surface area contributed by atoms with Crippen LogP contribution in [0.25, 0.3) is 0 Å². The molecule has 1 amide bonds. The Morgan fingerprint density at radius 1 is 1.11 bits per heavy atom. The van der Waals surface area contributed by atoms with E-state index in [4.69, 9.17) is 23.2 Å². The van der Waals surface area contributed by atoms with Crippen LogP contribution in [0.5, 0.6) is 0 Å². The van der Waals surface area contributed by atoms with Gasteiger partial charge in [-0.2, -0.15) is 0 Å². The van der Waals surface area contributed by atoms with Crippen LogP contribution >= 0.6 is 23.2 Å². The first kappa shape index (κ1) is 13.8. The van der Waals surface area contributed by atoms with E-state index >= 15 is 0 Å². The Bertz CT molecular complexity index is 569. The van der Waals surface area contributed by atoms with E-state index in [1.807, 2.05) is 12.1 Å². The van der Waals surface area contributed by atoms with Crippen molar-refractivity contribution in [2.45, 2.75) is 6.54 Å². The molecule has 2 rings (SSSR count). The number of benzene rings is 1. The molecule has 0 aliphatic heterocycles. The number of halogens is 2. The maximum absolute atomic E-state index is 12.1. The van der Waals surface area contributed by atoms with Gasteiger partial charge in [-0.15, -0.1) is 10.2 Å². The van der Waals surface area contributed by atoms with Gasteiger partial charge in [-0.3, -0.25) is 4.79 Å². The van der Waals surface area contributed by atoms with Crippen LogP contribution in [0.1, 0.15) is 16.1 Å². The minimum Gasteiger partial charge on any atom is -0.336 e. The number of carbonyl (C=O) groups excluding carboxylic acids is 1. The number of hydrogen-bond acceptors (Lipinski definition) is 3. The molecule has 0 aliphatic carbocycles. The Morgan fingerprint density at radius 3 is 2.37 bits per heavy atom. The normalized spacial score (nSPS) is 10.3. The summed E-state index contributed by atoms with van der Waals surface area (Å²) in [6.45, 7) is 0.473. The first-order chi connectivity index (χ1) is 9.06. The third kappa shape index (κ3) is 3.66. The maximum Gasteiger partial charge on any atom is 0.274 e.